The molecule has 0 aliphatic rings. The maximum atomic E-state index is 12.1. The van der Waals surface area contributed by atoms with Gasteiger partial charge in [-0.1, -0.05) is 39.0 Å². The summed E-state index contributed by atoms with van der Waals surface area (Å²) in [7, 11) is 0. The van der Waals surface area contributed by atoms with Gasteiger partial charge in [-0.25, -0.2) is 4.79 Å². The summed E-state index contributed by atoms with van der Waals surface area (Å²) in [4.78, 5) is 12.1. The van der Waals surface area contributed by atoms with E-state index in [1.54, 1.807) is 0 Å². The molecule has 4 heteroatoms. The lowest BCUT2D eigenvalue weighted by atomic mass is 9.86. The van der Waals surface area contributed by atoms with E-state index in [1.165, 1.54) is 0 Å². The molecule has 0 aliphatic heterocycles. The van der Waals surface area contributed by atoms with Gasteiger partial charge >= 0.3 is 6.03 Å². The second kappa shape index (κ2) is 6.27. The normalized spacial score (nSPS) is 12.1. The molecule has 0 aromatic heterocycles. The van der Waals surface area contributed by atoms with Crippen LogP contribution in [0.15, 0.2) is 24.3 Å². The quantitative estimate of drug-likeness (QED) is 0.791. The van der Waals surface area contributed by atoms with Crippen LogP contribution in [0.2, 0.25) is 0 Å². The minimum absolute atomic E-state index is 0.0372. The summed E-state index contributed by atoms with van der Waals surface area (Å²) >= 11 is 0. The second-order valence-electron chi connectivity index (χ2n) is 6.73. The summed E-state index contributed by atoms with van der Waals surface area (Å²) in [5.74, 6) is 0. The third-order valence-corrected chi connectivity index (χ3v) is 3.17. The topological polar surface area (TPSA) is 61.4 Å². The van der Waals surface area contributed by atoms with Crippen LogP contribution in [0.3, 0.4) is 0 Å². The smallest absolute Gasteiger partial charge is 0.319 e. The summed E-state index contributed by atoms with van der Waals surface area (Å²) < 4.78 is 0. The molecule has 0 spiro atoms. The van der Waals surface area contributed by atoms with E-state index in [4.69, 9.17) is 5.11 Å². The minimum atomic E-state index is -0.435. The Labute approximate surface area is 121 Å². The van der Waals surface area contributed by atoms with Gasteiger partial charge in [-0.15, -0.1) is 0 Å². The van der Waals surface area contributed by atoms with Gasteiger partial charge in [-0.05, 0) is 37.3 Å². The third kappa shape index (κ3) is 4.85. The number of carbonyl (C=O) groups excluding carboxylic acids is 1. The highest BCUT2D eigenvalue weighted by Crippen LogP contribution is 2.29. The van der Waals surface area contributed by atoms with E-state index in [9.17, 15) is 4.79 Å². The summed E-state index contributed by atoms with van der Waals surface area (Å²) in [5, 5.41) is 14.8. The minimum Gasteiger partial charge on any atom is -0.396 e. The Bertz CT molecular complexity index is 462. The average Bonchev–Trinajstić information content (AvgIpc) is 2.26. The fourth-order valence-corrected chi connectivity index (χ4v) is 2.05. The number of hydrogen-bond acceptors (Lipinski definition) is 2. The number of rotatable bonds is 4. The van der Waals surface area contributed by atoms with Crippen molar-refractivity contribution in [3.63, 3.8) is 0 Å². The number of aliphatic hydroxyl groups is 1. The number of para-hydroxylation sites is 1. The standard InChI is InChI=1S/C16H26N2O2/c1-15(2,3)12-8-6-7-9-13(12)17-14(20)18-16(4,5)10-11-19/h6-9,19H,10-11H2,1-5H3,(H2,17,18,20). The molecule has 112 valence electrons. The lowest BCUT2D eigenvalue weighted by molar-refractivity contribution is 0.218. The zero-order valence-electron chi connectivity index (χ0n) is 13.1. The molecule has 0 heterocycles. The predicted molar refractivity (Wildman–Crippen MR) is 83.1 cm³/mol. The predicted octanol–water partition coefficient (Wildman–Crippen LogP) is 3.27. The Morgan fingerprint density at radius 1 is 1.15 bits per heavy atom. The summed E-state index contributed by atoms with van der Waals surface area (Å²) in [6.07, 6.45) is 0.515. The Morgan fingerprint density at radius 3 is 2.30 bits per heavy atom. The number of aliphatic hydroxyl groups excluding tert-OH is 1. The van der Waals surface area contributed by atoms with Crippen LogP contribution >= 0.6 is 0 Å². The van der Waals surface area contributed by atoms with E-state index in [0.717, 1.165) is 11.3 Å². The molecule has 1 aromatic carbocycles. The monoisotopic (exact) mass is 278 g/mol. The molecule has 0 aliphatic carbocycles. The highest BCUT2D eigenvalue weighted by Gasteiger charge is 2.22. The number of benzene rings is 1. The number of urea groups is 1. The van der Waals surface area contributed by atoms with Crippen molar-refractivity contribution < 1.29 is 9.90 Å². The lowest BCUT2D eigenvalue weighted by Crippen LogP contribution is -2.46. The molecule has 1 aromatic rings. The van der Waals surface area contributed by atoms with Gasteiger partial charge in [0.05, 0.1) is 0 Å². The SMILES string of the molecule is CC(C)(CCO)NC(=O)Nc1ccccc1C(C)(C)C. The van der Waals surface area contributed by atoms with E-state index in [0.29, 0.717) is 6.42 Å². The molecule has 2 amide bonds. The maximum absolute atomic E-state index is 12.1. The fourth-order valence-electron chi connectivity index (χ4n) is 2.05. The Morgan fingerprint density at radius 2 is 1.75 bits per heavy atom. The first-order valence-electron chi connectivity index (χ1n) is 6.95. The van der Waals surface area contributed by atoms with E-state index >= 15 is 0 Å². The molecule has 4 nitrogen and oxygen atoms in total. The molecule has 1 rings (SSSR count). The second-order valence-corrected chi connectivity index (χ2v) is 6.73. The van der Waals surface area contributed by atoms with Crippen LogP contribution in [0.5, 0.6) is 0 Å². The lowest BCUT2D eigenvalue weighted by Gasteiger charge is -2.27. The molecule has 0 atom stereocenters. The van der Waals surface area contributed by atoms with Gasteiger partial charge in [-0.2, -0.15) is 0 Å². The van der Waals surface area contributed by atoms with Crippen molar-refractivity contribution in [1.82, 2.24) is 5.32 Å². The molecule has 3 N–H and O–H groups in total. The van der Waals surface area contributed by atoms with Gasteiger partial charge in [0.2, 0.25) is 0 Å². The van der Waals surface area contributed by atoms with Crippen LogP contribution in [0.4, 0.5) is 10.5 Å². The number of carbonyl (C=O) groups is 1. The third-order valence-electron chi connectivity index (χ3n) is 3.17. The molecule has 0 radical (unpaired) electrons. The molecule has 20 heavy (non-hydrogen) atoms. The van der Waals surface area contributed by atoms with E-state index in [1.807, 2.05) is 38.1 Å². The zero-order valence-corrected chi connectivity index (χ0v) is 13.1. The van der Waals surface area contributed by atoms with Gasteiger partial charge < -0.3 is 15.7 Å². The summed E-state index contributed by atoms with van der Waals surface area (Å²) in [6, 6.07) is 7.55. The van der Waals surface area contributed by atoms with Gasteiger partial charge in [-0.3, -0.25) is 0 Å². The largest absolute Gasteiger partial charge is 0.396 e. The number of hydrogen-bond donors (Lipinski definition) is 3. The van der Waals surface area contributed by atoms with Crippen molar-refractivity contribution in [2.75, 3.05) is 11.9 Å². The fraction of sp³-hybridized carbons (Fsp3) is 0.562. The van der Waals surface area contributed by atoms with E-state index in [-0.39, 0.29) is 18.1 Å². The van der Waals surface area contributed by atoms with Crippen LogP contribution in [0.1, 0.15) is 46.6 Å². The Hall–Kier alpha value is -1.55. The van der Waals surface area contributed by atoms with Crippen molar-refractivity contribution in [3.8, 4) is 0 Å². The molecule has 0 fully saturated rings. The van der Waals surface area contributed by atoms with Crippen LogP contribution in [-0.4, -0.2) is 23.3 Å². The first-order valence-corrected chi connectivity index (χ1v) is 6.95. The van der Waals surface area contributed by atoms with Gasteiger partial charge in [0.1, 0.15) is 0 Å². The van der Waals surface area contributed by atoms with Gasteiger partial charge in [0.25, 0.3) is 0 Å². The molecule has 0 unspecified atom stereocenters. The van der Waals surface area contributed by atoms with E-state index in [2.05, 4.69) is 31.4 Å². The van der Waals surface area contributed by atoms with Crippen molar-refractivity contribution in [2.45, 2.75) is 52.0 Å². The molecule has 0 saturated carbocycles. The van der Waals surface area contributed by atoms with Crippen LogP contribution in [0, 0.1) is 0 Å². The average molecular weight is 278 g/mol. The Kier molecular flexibility index (Phi) is 5.17. The molecular weight excluding hydrogens is 252 g/mol. The van der Waals surface area contributed by atoms with Crippen molar-refractivity contribution in [2.24, 2.45) is 0 Å². The van der Waals surface area contributed by atoms with Crippen LogP contribution < -0.4 is 10.6 Å². The van der Waals surface area contributed by atoms with Crippen LogP contribution in [-0.2, 0) is 5.41 Å². The first kappa shape index (κ1) is 16.5. The Balaban J connectivity index is 2.82. The number of nitrogens with one attached hydrogen (secondary N) is 2. The van der Waals surface area contributed by atoms with Gasteiger partial charge in [0.15, 0.2) is 0 Å². The van der Waals surface area contributed by atoms with Crippen molar-refractivity contribution in [3.05, 3.63) is 29.8 Å². The maximum Gasteiger partial charge on any atom is 0.319 e. The zero-order chi connectivity index (χ0) is 15.4. The summed E-state index contributed by atoms with van der Waals surface area (Å²) in [6.45, 7) is 10.2. The van der Waals surface area contributed by atoms with Crippen LogP contribution in [0.25, 0.3) is 0 Å². The number of amides is 2. The number of anilines is 1. The molecule has 0 bridgehead atoms. The molecular formula is C16H26N2O2. The van der Waals surface area contributed by atoms with Crippen molar-refractivity contribution >= 4 is 11.7 Å². The first-order chi connectivity index (χ1) is 9.15. The molecule has 0 saturated heterocycles. The summed E-state index contributed by atoms with van der Waals surface area (Å²) in [5.41, 5.74) is 1.44. The highest BCUT2D eigenvalue weighted by atomic mass is 16.3. The van der Waals surface area contributed by atoms with Crippen molar-refractivity contribution in [1.29, 1.82) is 0 Å². The van der Waals surface area contributed by atoms with Gasteiger partial charge in [0, 0.05) is 17.8 Å². The highest BCUT2D eigenvalue weighted by molar-refractivity contribution is 5.90. The van der Waals surface area contributed by atoms with E-state index < -0.39 is 5.54 Å².